The van der Waals surface area contributed by atoms with E-state index in [9.17, 15) is 35.7 Å². The molecule has 31 heavy (non-hydrogen) atoms. The highest BCUT2D eigenvalue weighted by atomic mass is 16.7. The Hall–Kier alpha value is -1.74. The molecule has 2 heterocycles. The smallest absolute Gasteiger partial charge is 0.229 e. The van der Waals surface area contributed by atoms with E-state index < -0.39 is 68.0 Å². The van der Waals surface area contributed by atoms with Gasteiger partial charge in [-0.25, -0.2) is 0 Å². The molecule has 0 aliphatic carbocycles. The van der Waals surface area contributed by atoms with Gasteiger partial charge in [-0.1, -0.05) is 0 Å². The van der Waals surface area contributed by atoms with Crippen LogP contribution in [-0.2, 0) is 14.2 Å². The standard InChI is InChI=1S/C19H28O12/c1-7-12(21)14(23)16(25)18(29-7)28-6-11-13(22)15(24)17(26)19(31-11)30-8-3-4-9(20)10(5-8)27-2/h3-5,7,11-26H,6H2,1-2H3/t7-,11+,12+,13-,14-,15+,16-,17-,18-,19-/m1/s1. The number of aromatic hydroxyl groups is 1. The van der Waals surface area contributed by atoms with Gasteiger partial charge in [0, 0.05) is 6.07 Å². The molecule has 0 saturated carbocycles. The maximum absolute atomic E-state index is 10.2. The third-order valence-electron chi connectivity index (χ3n) is 5.31. The Balaban J connectivity index is 1.66. The number of methoxy groups -OCH3 is 1. The molecule has 2 aliphatic rings. The molecule has 0 amide bonds. The van der Waals surface area contributed by atoms with Crippen molar-refractivity contribution in [2.75, 3.05) is 13.7 Å². The second-order valence-corrected chi connectivity index (χ2v) is 7.48. The van der Waals surface area contributed by atoms with Crippen LogP contribution in [0.5, 0.6) is 17.2 Å². The van der Waals surface area contributed by atoms with Crippen molar-refractivity contribution in [2.24, 2.45) is 0 Å². The third-order valence-corrected chi connectivity index (χ3v) is 5.31. The first-order valence-corrected chi connectivity index (χ1v) is 9.68. The van der Waals surface area contributed by atoms with Crippen molar-refractivity contribution in [1.82, 2.24) is 0 Å². The fraction of sp³-hybridized carbons (Fsp3) is 0.684. The summed E-state index contributed by atoms with van der Waals surface area (Å²) in [5, 5.41) is 69.9. The van der Waals surface area contributed by atoms with Gasteiger partial charge in [0.05, 0.1) is 19.8 Å². The molecule has 7 N–H and O–H groups in total. The summed E-state index contributed by atoms with van der Waals surface area (Å²) in [6, 6.07) is 4.03. The highest BCUT2D eigenvalue weighted by Crippen LogP contribution is 2.32. The molecule has 10 atom stereocenters. The second-order valence-electron chi connectivity index (χ2n) is 7.48. The topological polar surface area (TPSA) is 188 Å². The lowest BCUT2D eigenvalue weighted by atomic mass is 9.98. The molecule has 12 heteroatoms. The Morgan fingerprint density at radius 3 is 2.16 bits per heavy atom. The van der Waals surface area contributed by atoms with Crippen LogP contribution in [0.2, 0.25) is 0 Å². The zero-order chi connectivity index (χ0) is 22.9. The zero-order valence-electron chi connectivity index (χ0n) is 16.9. The molecule has 1 aromatic carbocycles. The maximum Gasteiger partial charge on any atom is 0.229 e. The Bertz CT molecular complexity index is 732. The average molecular weight is 448 g/mol. The molecule has 12 nitrogen and oxygen atoms in total. The molecule has 3 rings (SSSR count). The second kappa shape index (κ2) is 9.81. The highest BCUT2D eigenvalue weighted by Gasteiger charge is 2.47. The van der Waals surface area contributed by atoms with Crippen LogP contribution in [0.3, 0.4) is 0 Å². The van der Waals surface area contributed by atoms with E-state index >= 15 is 0 Å². The van der Waals surface area contributed by atoms with Crippen molar-refractivity contribution in [3.8, 4) is 17.2 Å². The predicted octanol–water partition coefficient (Wildman–Crippen LogP) is -2.57. The molecule has 2 aliphatic heterocycles. The Kier molecular flexibility index (Phi) is 7.57. The number of phenols is 1. The molecule has 1 aromatic rings. The number of phenolic OH excluding ortho intramolecular Hbond substituents is 1. The van der Waals surface area contributed by atoms with E-state index in [-0.39, 0.29) is 17.2 Å². The van der Waals surface area contributed by atoms with E-state index in [0.29, 0.717) is 0 Å². The van der Waals surface area contributed by atoms with E-state index in [1.165, 1.54) is 32.2 Å². The van der Waals surface area contributed by atoms with Crippen LogP contribution in [0.25, 0.3) is 0 Å². The number of aliphatic hydroxyl groups excluding tert-OH is 6. The summed E-state index contributed by atoms with van der Waals surface area (Å²) in [5.74, 6) is 0.134. The zero-order valence-corrected chi connectivity index (χ0v) is 16.9. The average Bonchev–Trinajstić information content (AvgIpc) is 2.76. The van der Waals surface area contributed by atoms with Crippen molar-refractivity contribution in [1.29, 1.82) is 0 Å². The van der Waals surface area contributed by atoms with Gasteiger partial charge in [-0.3, -0.25) is 0 Å². The van der Waals surface area contributed by atoms with Crippen molar-refractivity contribution in [3.63, 3.8) is 0 Å². The molecule has 176 valence electrons. The van der Waals surface area contributed by atoms with Crippen LogP contribution < -0.4 is 9.47 Å². The molecule has 0 aromatic heterocycles. The van der Waals surface area contributed by atoms with Crippen LogP contribution in [0.1, 0.15) is 6.92 Å². The first kappa shape index (κ1) is 23.9. The highest BCUT2D eigenvalue weighted by molar-refractivity contribution is 5.44. The van der Waals surface area contributed by atoms with Gasteiger partial charge in [-0.2, -0.15) is 0 Å². The summed E-state index contributed by atoms with van der Waals surface area (Å²) in [6.45, 7) is 1.08. The Labute approximate surface area is 177 Å². The number of rotatable bonds is 6. The molecular weight excluding hydrogens is 420 g/mol. The van der Waals surface area contributed by atoms with Gasteiger partial charge in [0.1, 0.15) is 48.5 Å². The van der Waals surface area contributed by atoms with Gasteiger partial charge in [0.25, 0.3) is 0 Å². The first-order valence-electron chi connectivity index (χ1n) is 9.68. The number of benzene rings is 1. The van der Waals surface area contributed by atoms with Crippen molar-refractivity contribution in [3.05, 3.63) is 18.2 Å². The molecule has 0 bridgehead atoms. The van der Waals surface area contributed by atoms with Crippen LogP contribution >= 0.6 is 0 Å². The van der Waals surface area contributed by atoms with Gasteiger partial charge in [-0.05, 0) is 19.1 Å². The minimum atomic E-state index is -1.64. The van der Waals surface area contributed by atoms with E-state index in [1.54, 1.807) is 0 Å². The number of ether oxygens (including phenoxy) is 5. The summed E-state index contributed by atoms with van der Waals surface area (Å²) in [4.78, 5) is 0. The van der Waals surface area contributed by atoms with Gasteiger partial charge in [0.2, 0.25) is 6.29 Å². The van der Waals surface area contributed by atoms with Gasteiger partial charge in [0.15, 0.2) is 17.8 Å². The summed E-state index contributed by atoms with van der Waals surface area (Å²) in [6.07, 6.45) is -13.9. The van der Waals surface area contributed by atoms with Crippen molar-refractivity contribution in [2.45, 2.75) is 68.3 Å². The Morgan fingerprint density at radius 2 is 1.48 bits per heavy atom. The van der Waals surface area contributed by atoms with E-state index in [4.69, 9.17) is 23.7 Å². The minimum Gasteiger partial charge on any atom is -0.504 e. The van der Waals surface area contributed by atoms with Crippen LogP contribution in [0.4, 0.5) is 0 Å². The van der Waals surface area contributed by atoms with Gasteiger partial charge >= 0.3 is 0 Å². The summed E-state index contributed by atoms with van der Waals surface area (Å²) < 4.78 is 26.8. The predicted molar refractivity (Wildman–Crippen MR) is 100 cm³/mol. The third kappa shape index (κ3) is 5.03. The van der Waals surface area contributed by atoms with Crippen molar-refractivity contribution < 1.29 is 59.4 Å². The summed E-state index contributed by atoms with van der Waals surface area (Å²) in [7, 11) is 1.34. The fourth-order valence-corrected chi connectivity index (χ4v) is 3.36. The quantitative estimate of drug-likeness (QED) is 0.241. The molecular formula is C19H28O12. The maximum atomic E-state index is 10.2. The van der Waals surface area contributed by atoms with Crippen LogP contribution in [0, 0.1) is 0 Å². The Morgan fingerprint density at radius 1 is 0.839 bits per heavy atom. The fourth-order valence-electron chi connectivity index (χ4n) is 3.36. The SMILES string of the molecule is COc1cc(O[C@@H]2O[C@@H](CO[C@@H]3O[C@H](C)[C@H](O)[C@@H](O)[C@H]3O)[C@@H](O)[C@H](O)[C@H]2O)ccc1O. The number of hydrogen-bond donors (Lipinski definition) is 7. The largest absolute Gasteiger partial charge is 0.504 e. The van der Waals surface area contributed by atoms with Crippen LogP contribution in [-0.4, -0.2) is 111 Å². The molecule has 2 fully saturated rings. The molecule has 2 saturated heterocycles. The van der Waals surface area contributed by atoms with Gasteiger partial charge < -0.3 is 59.4 Å². The number of aliphatic hydroxyl groups is 6. The van der Waals surface area contributed by atoms with E-state index in [1.807, 2.05) is 0 Å². The van der Waals surface area contributed by atoms with Gasteiger partial charge in [-0.15, -0.1) is 0 Å². The molecule has 0 unspecified atom stereocenters. The lowest BCUT2D eigenvalue weighted by Crippen LogP contribution is -2.61. The van der Waals surface area contributed by atoms with Crippen LogP contribution in [0.15, 0.2) is 18.2 Å². The summed E-state index contributed by atoms with van der Waals surface area (Å²) in [5.41, 5.74) is 0. The van der Waals surface area contributed by atoms with E-state index in [0.717, 1.165) is 0 Å². The lowest BCUT2D eigenvalue weighted by molar-refractivity contribution is -0.318. The first-order chi connectivity index (χ1) is 14.6. The van der Waals surface area contributed by atoms with E-state index in [2.05, 4.69) is 0 Å². The number of hydrogen-bond acceptors (Lipinski definition) is 12. The van der Waals surface area contributed by atoms with Crippen molar-refractivity contribution >= 4 is 0 Å². The molecule has 0 spiro atoms. The molecule has 0 radical (unpaired) electrons. The lowest BCUT2D eigenvalue weighted by Gasteiger charge is -2.42. The minimum absolute atomic E-state index is 0.113. The normalized spacial score (nSPS) is 41.0. The monoisotopic (exact) mass is 448 g/mol. The summed E-state index contributed by atoms with van der Waals surface area (Å²) >= 11 is 0.